The number of rotatable bonds is 5. The Morgan fingerprint density at radius 1 is 0.826 bits per heavy atom. The summed E-state index contributed by atoms with van der Waals surface area (Å²) in [5.41, 5.74) is 2.57. The van der Waals surface area contributed by atoms with E-state index in [-0.39, 0.29) is 22.5 Å². The minimum Gasteiger partial charge on any atom is -1.00 e. The van der Waals surface area contributed by atoms with Gasteiger partial charge in [0.2, 0.25) is 0 Å². The molecule has 3 nitrogen and oxygen atoms in total. The average molecular weight is 379 g/mol. The number of anilines is 2. The summed E-state index contributed by atoms with van der Waals surface area (Å²) in [6, 6.07) is 21.5. The second kappa shape index (κ2) is 9.06. The lowest BCUT2D eigenvalue weighted by molar-refractivity contribution is -0.896. The predicted molar refractivity (Wildman–Crippen MR) is 93.5 cm³/mol. The van der Waals surface area contributed by atoms with Gasteiger partial charge >= 0.3 is 0 Å². The first-order chi connectivity index (χ1) is 10.3. The Morgan fingerprint density at radius 3 is 1.70 bits per heavy atom. The van der Waals surface area contributed by atoms with Crippen LogP contribution in [0.3, 0.4) is 0 Å². The highest BCUT2D eigenvalue weighted by molar-refractivity contribution is 5.62. The van der Waals surface area contributed by atoms with Gasteiger partial charge in [-0.1, -0.05) is 36.4 Å². The Morgan fingerprint density at radius 2 is 1.26 bits per heavy atom. The Kier molecular flexibility index (Phi) is 7.76. The van der Waals surface area contributed by atoms with Gasteiger partial charge in [0.05, 0.1) is 33.2 Å². The molecule has 4 heteroatoms. The number of quaternary nitrogens is 1. The molecule has 1 heterocycles. The smallest absolute Gasteiger partial charge is 0.0967 e. The van der Waals surface area contributed by atoms with Crippen LogP contribution in [0, 0.1) is 0 Å². The maximum absolute atomic E-state index is 2.45. The highest BCUT2D eigenvalue weighted by atomic mass is 79.9. The van der Waals surface area contributed by atoms with Gasteiger partial charge in [-0.15, -0.1) is 0 Å². The molecule has 2 N–H and O–H groups in total. The van der Waals surface area contributed by atoms with Gasteiger partial charge in [0.25, 0.3) is 0 Å². The van der Waals surface area contributed by atoms with Crippen molar-refractivity contribution in [1.82, 2.24) is 0 Å². The molecule has 1 fully saturated rings. The molecule has 2 aromatic carbocycles. The van der Waals surface area contributed by atoms with Crippen LogP contribution >= 0.6 is 0 Å². The molecule has 1 aliphatic heterocycles. The molecule has 0 radical (unpaired) electrons. The average Bonchev–Trinajstić information content (AvgIpc) is 2.97. The molecule has 23 heavy (non-hydrogen) atoms. The van der Waals surface area contributed by atoms with Gasteiger partial charge < -0.3 is 31.8 Å². The second-order valence-electron chi connectivity index (χ2n) is 6.32. The summed E-state index contributed by atoms with van der Waals surface area (Å²) in [6.45, 7) is 4.95. The van der Waals surface area contributed by atoms with E-state index < -0.39 is 0 Å². The first-order valence-corrected chi connectivity index (χ1v) is 7.98. The van der Waals surface area contributed by atoms with Crippen LogP contribution in [-0.2, 0) is 0 Å². The van der Waals surface area contributed by atoms with Gasteiger partial charge in [-0.2, -0.15) is 0 Å². The lowest BCUT2D eigenvalue weighted by atomic mass is 10.2. The SMILES string of the molecule is C[N+]1(CCN(c2ccccc2)c2ccccc2)CCCC1.O.[Br-]. The molecule has 0 atom stereocenters. The maximum Gasteiger partial charge on any atom is 0.0967 e. The molecule has 1 aliphatic rings. The van der Waals surface area contributed by atoms with Crippen LogP contribution < -0.4 is 21.9 Å². The third-order valence-electron chi connectivity index (χ3n) is 4.65. The molecule has 0 amide bonds. The quantitative estimate of drug-likeness (QED) is 0.686. The van der Waals surface area contributed by atoms with Crippen LogP contribution in [-0.4, -0.2) is 43.2 Å². The number of nitrogens with zero attached hydrogens (tertiary/aromatic N) is 2. The highest BCUT2D eigenvalue weighted by Gasteiger charge is 2.27. The zero-order valence-electron chi connectivity index (χ0n) is 13.8. The lowest BCUT2D eigenvalue weighted by Gasteiger charge is -2.33. The van der Waals surface area contributed by atoms with E-state index in [9.17, 15) is 0 Å². The highest BCUT2D eigenvalue weighted by Crippen LogP contribution is 2.25. The van der Waals surface area contributed by atoms with Gasteiger partial charge in [0.15, 0.2) is 0 Å². The summed E-state index contributed by atoms with van der Waals surface area (Å²) in [7, 11) is 2.40. The maximum atomic E-state index is 2.45. The Labute approximate surface area is 150 Å². The summed E-state index contributed by atoms with van der Waals surface area (Å²) < 4.78 is 1.22. The Hall–Kier alpha value is -1.36. The van der Waals surface area contributed by atoms with Crippen LogP contribution in [0.2, 0.25) is 0 Å². The van der Waals surface area contributed by atoms with Crippen molar-refractivity contribution >= 4 is 11.4 Å². The first-order valence-electron chi connectivity index (χ1n) is 7.98. The second-order valence-corrected chi connectivity index (χ2v) is 6.32. The molecule has 0 aliphatic carbocycles. The minimum atomic E-state index is 0. The van der Waals surface area contributed by atoms with Crippen molar-refractivity contribution < 1.29 is 26.9 Å². The van der Waals surface area contributed by atoms with Crippen LogP contribution in [0.25, 0.3) is 0 Å². The van der Waals surface area contributed by atoms with Crippen molar-refractivity contribution in [2.45, 2.75) is 12.8 Å². The van der Waals surface area contributed by atoms with Gasteiger partial charge in [0, 0.05) is 24.2 Å². The van der Waals surface area contributed by atoms with Crippen molar-refractivity contribution in [3.63, 3.8) is 0 Å². The number of hydrogen-bond acceptors (Lipinski definition) is 1. The van der Waals surface area contributed by atoms with Crippen molar-refractivity contribution in [3.05, 3.63) is 60.7 Å². The molecular formula is C19H27BrN2O. The third kappa shape index (κ3) is 5.06. The number of hydrogen-bond donors (Lipinski definition) is 0. The molecule has 2 aromatic rings. The monoisotopic (exact) mass is 378 g/mol. The molecule has 126 valence electrons. The van der Waals surface area contributed by atoms with Crippen molar-refractivity contribution in [1.29, 1.82) is 0 Å². The first kappa shape index (κ1) is 19.7. The van der Waals surface area contributed by atoms with E-state index in [0.29, 0.717) is 0 Å². The van der Waals surface area contributed by atoms with Crippen LogP contribution in [0.1, 0.15) is 12.8 Å². The van der Waals surface area contributed by atoms with Crippen LogP contribution in [0.5, 0.6) is 0 Å². The van der Waals surface area contributed by atoms with E-state index in [1.807, 2.05) is 0 Å². The molecule has 3 rings (SSSR count). The zero-order valence-corrected chi connectivity index (χ0v) is 15.4. The van der Waals surface area contributed by atoms with Crippen molar-refractivity contribution in [3.8, 4) is 0 Å². The number of para-hydroxylation sites is 2. The van der Waals surface area contributed by atoms with Crippen LogP contribution in [0.15, 0.2) is 60.7 Å². The summed E-state index contributed by atoms with van der Waals surface area (Å²) in [5.74, 6) is 0. The molecule has 0 bridgehead atoms. The van der Waals surface area contributed by atoms with Gasteiger partial charge in [-0.3, -0.25) is 0 Å². The predicted octanol–water partition coefficient (Wildman–Crippen LogP) is 0.244. The van der Waals surface area contributed by atoms with E-state index in [1.165, 1.54) is 48.3 Å². The Balaban J connectivity index is 0.00000132. The molecule has 0 saturated carbocycles. The normalized spacial score (nSPS) is 15.3. The molecule has 0 unspecified atom stereocenters. The fraction of sp³-hybridized carbons (Fsp3) is 0.368. The third-order valence-corrected chi connectivity index (χ3v) is 4.65. The largest absolute Gasteiger partial charge is 1.00 e. The van der Waals surface area contributed by atoms with E-state index in [4.69, 9.17) is 0 Å². The van der Waals surface area contributed by atoms with Gasteiger partial charge in [-0.25, -0.2) is 0 Å². The fourth-order valence-electron chi connectivity index (χ4n) is 3.29. The standard InChI is InChI=1S/C19H25N2.BrH.H2O/c1-21(15-8-9-16-21)17-14-20(18-10-4-2-5-11-18)19-12-6-3-7-13-19;;/h2-7,10-13H,8-9,14-17H2,1H3;1H;1H2/q+1;;/p-1. The number of likely N-dealkylation sites (N-methyl/N-ethyl adjacent to an activating group) is 1. The lowest BCUT2D eigenvalue weighted by Crippen LogP contribution is -3.00. The minimum absolute atomic E-state index is 0. The molecule has 1 saturated heterocycles. The number of benzene rings is 2. The van der Waals surface area contributed by atoms with Crippen LogP contribution in [0.4, 0.5) is 11.4 Å². The summed E-state index contributed by atoms with van der Waals surface area (Å²) in [6.07, 6.45) is 2.76. The van der Waals surface area contributed by atoms with Gasteiger partial charge in [0.1, 0.15) is 0 Å². The van der Waals surface area contributed by atoms with E-state index in [0.717, 1.165) is 6.54 Å². The number of likely N-dealkylation sites (tertiary alicyclic amines) is 1. The van der Waals surface area contributed by atoms with Crippen molar-refractivity contribution in [2.75, 3.05) is 38.1 Å². The topological polar surface area (TPSA) is 34.7 Å². The van der Waals surface area contributed by atoms with E-state index >= 15 is 0 Å². The molecule has 0 aromatic heterocycles. The summed E-state index contributed by atoms with van der Waals surface area (Å²) in [5, 5.41) is 0. The van der Waals surface area contributed by atoms with Crippen molar-refractivity contribution in [2.24, 2.45) is 0 Å². The van der Waals surface area contributed by atoms with Gasteiger partial charge in [-0.05, 0) is 24.3 Å². The fourth-order valence-corrected chi connectivity index (χ4v) is 3.29. The van der Waals surface area contributed by atoms with E-state index in [1.54, 1.807) is 0 Å². The summed E-state index contributed by atoms with van der Waals surface area (Å²) in [4.78, 5) is 2.45. The zero-order chi connectivity index (χ0) is 14.5. The Bertz CT molecular complexity index is 517. The summed E-state index contributed by atoms with van der Waals surface area (Å²) >= 11 is 0. The molecular weight excluding hydrogens is 352 g/mol. The van der Waals surface area contributed by atoms with E-state index in [2.05, 4.69) is 72.6 Å². The molecule has 0 spiro atoms. The number of halogens is 1.